The fraction of sp³-hybridized carbons (Fsp3) is 0.522. The summed E-state index contributed by atoms with van der Waals surface area (Å²) >= 11 is 0. The van der Waals surface area contributed by atoms with Gasteiger partial charge in [0.05, 0.1) is 25.1 Å². The highest BCUT2D eigenvalue weighted by Gasteiger charge is 2.24. The number of hydrogen-bond acceptors (Lipinski definition) is 6. The van der Waals surface area contributed by atoms with Crippen molar-refractivity contribution in [1.29, 1.82) is 0 Å². The molecule has 0 bridgehead atoms. The van der Waals surface area contributed by atoms with E-state index in [4.69, 9.17) is 9.72 Å². The van der Waals surface area contributed by atoms with E-state index in [-0.39, 0.29) is 17.6 Å². The molecule has 2 fully saturated rings. The van der Waals surface area contributed by atoms with Crippen LogP contribution in [0.4, 0.5) is 10.2 Å². The molecule has 3 heterocycles. The summed E-state index contributed by atoms with van der Waals surface area (Å²) in [5, 5.41) is 3.41. The number of likely N-dealkylation sites (tertiary alicyclic amines) is 1. The number of aromatic nitrogens is 2. The van der Waals surface area contributed by atoms with Crippen LogP contribution in [0.15, 0.2) is 30.5 Å². The summed E-state index contributed by atoms with van der Waals surface area (Å²) in [5.74, 6) is 0.128. The Hall–Kier alpha value is -2.58. The minimum Gasteiger partial charge on any atom is -0.378 e. The Morgan fingerprint density at radius 1 is 1.16 bits per heavy atom. The van der Waals surface area contributed by atoms with Gasteiger partial charge in [0.15, 0.2) is 0 Å². The predicted octanol–water partition coefficient (Wildman–Crippen LogP) is 2.75. The van der Waals surface area contributed by atoms with Crippen molar-refractivity contribution in [3.05, 3.63) is 53.2 Å². The second kappa shape index (κ2) is 10.2. The lowest BCUT2D eigenvalue weighted by Crippen LogP contribution is -2.41. The van der Waals surface area contributed by atoms with E-state index >= 15 is 0 Å². The number of anilines is 1. The third-order valence-corrected chi connectivity index (χ3v) is 6.02. The number of nitrogens with zero attached hydrogens (tertiary/aromatic N) is 4. The van der Waals surface area contributed by atoms with Crippen molar-refractivity contribution in [3.63, 3.8) is 0 Å². The van der Waals surface area contributed by atoms with Crippen LogP contribution in [0.2, 0.25) is 0 Å². The molecule has 166 valence electrons. The first kappa shape index (κ1) is 21.6. The van der Waals surface area contributed by atoms with Crippen LogP contribution in [0.5, 0.6) is 0 Å². The van der Waals surface area contributed by atoms with Crippen molar-refractivity contribution in [2.24, 2.45) is 0 Å². The number of morpholine rings is 1. The van der Waals surface area contributed by atoms with E-state index in [0.717, 1.165) is 31.7 Å². The number of rotatable bonds is 7. The first-order valence-corrected chi connectivity index (χ1v) is 11.1. The summed E-state index contributed by atoms with van der Waals surface area (Å²) in [6, 6.07) is 6.41. The molecule has 0 spiro atoms. The Balaban J connectivity index is 1.56. The monoisotopic (exact) mass is 427 g/mol. The van der Waals surface area contributed by atoms with Gasteiger partial charge in [-0.05, 0) is 43.6 Å². The molecule has 0 unspecified atom stereocenters. The van der Waals surface area contributed by atoms with Gasteiger partial charge >= 0.3 is 0 Å². The van der Waals surface area contributed by atoms with Gasteiger partial charge < -0.3 is 19.9 Å². The fourth-order valence-electron chi connectivity index (χ4n) is 4.12. The van der Waals surface area contributed by atoms with Gasteiger partial charge in [-0.3, -0.25) is 4.79 Å². The van der Waals surface area contributed by atoms with Crippen LogP contribution in [-0.2, 0) is 4.74 Å². The second-order valence-electron chi connectivity index (χ2n) is 8.14. The lowest BCUT2D eigenvalue weighted by Gasteiger charge is -2.27. The SMILES string of the molecule is C[C@H](c1ccc(F)cc1)c1nc(C(=O)N2CCOCC2)cnc1NCCN1CCCC1. The molecule has 2 saturated heterocycles. The van der Waals surface area contributed by atoms with Crippen molar-refractivity contribution >= 4 is 11.7 Å². The van der Waals surface area contributed by atoms with E-state index in [1.54, 1.807) is 23.2 Å². The maximum atomic E-state index is 13.4. The molecule has 1 aromatic carbocycles. The zero-order chi connectivity index (χ0) is 21.6. The van der Waals surface area contributed by atoms with E-state index in [1.807, 2.05) is 6.92 Å². The van der Waals surface area contributed by atoms with Gasteiger partial charge in [0.25, 0.3) is 5.91 Å². The Bertz CT molecular complexity index is 880. The molecule has 0 radical (unpaired) electrons. The standard InChI is InChI=1S/C23H30FN5O2/c1-17(18-4-6-19(24)7-5-18)21-22(25-8-11-28-9-2-3-10-28)26-16-20(27-21)23(30)29-12-14-31-15-13-29/h4-7,16-17H,2-3,8-15H2,1H3,(H,25,26)/t17-/m1/s1. The average molecular weight is 428 g/mol. The van der Waals surface area contributed by atoms with Crippen LogP contribution in [0.1, 0.15) is 47.4 Å². The molecule has 0 saturated carbocycles. The Morgan fingerprint density at radius 3 is 2.58 bits per heavy atom. The van der Waals surface area contributed by atoms with Gasteiger partial charge in [0.2, 0.25) is 0 Å². The maximum absolute atomic E-state index is 13.4. The minimum absolute atomic E-state index is 0.132. The third kappa shape index (κ3) is 5.37. The Morgan fingerprint density at radius 2 is 1.87 bits per heavy atom. The van der Waals surface area contributed by atoms with Crippen molar-refractivity contribution in [2.75, 3.05) is 57.8 Å². The van der Waals surface area contributed by atoms with Crippen LogP contribution in [0, 0.1) is 5.82 Å². The highest BCUT2D eigenvalue weighted by Crippen LogP contribution is 2.28. The van der Waals surface area contributed by atoms with Crippen LogP contribution >= 0.6 is 0 Å². The summed E-state index contributed by atoms with van der Waals surface area (Å²) in [6.45, 7) is 8.17. The summed E-state index contributed by atoms with van der Waals surface area (Å²) in [4.78, 5) is 26.4. The molecule has 8 heteroatoms. The molecule has 2 aliphatic rings. The van der Waals surface area contributed by atoms with Crippen molar-refractivity contribution < 1.29 is 13.9 Å². The Labute approximate surface area is 182 Å². The second-order valence-corrected chi connectivity index (χ2v) is 8.14. The minimum atomic E-state index is -0.276. The van der Waals surface area contributed by atoms with Gasteiger partial charge in [-0.15, -0.1) is 0 Å². The average Bonchev–Trinajstić information content (AvgIpc) is 3.33. The normalized spacial score (nSPS) is 18.2. The molecule has 2 aliphatic heterocycles. The number of carbonyl (C=O) groups excluding carboxylic acids is 1. The van der Waals surface area contributed by atoms with Gasteiger partial charge in [-0.1, -0.05) is 19.1 Å². The van der Waals surface area contributed by atoms with Crippen LogP contribution in [0.25, 0.3) is 0 Å². The lowest BCUT2D eigenvalue weighted by atomic mass is 9.97. The topological polar surface area (TPSA) is 70.6 Å². The van der Waals surface area contributed by atoms with Gasteiger partial charge in [0, 0.05) is 32.1 Å². The van der Waals surface area contributed by atoms with Crippen LogP contribution in [0.3, 0.4) is 0 Å². The van der Waals surface area contributed by atoms with Gasteiger partial charge in [0.1, 0.15) is 17.3 Å². The highest BCUT2D eigenvalue weighted by atomic mass is 19.1. The highest BCUT2D eigenvalue weighted by molar-refractivity contribution is 5.92. The number of amides is 1. The zero-order valence-corrected chi connectivity index (χ0v) is 18.0. The van der Waals surface area contributed by atoms with Crippen molar-refractivity contribution in [1.82, 2.24) is 19.8 Å². The van der Waals surface area contributed by atoms with Crippen molar-refractivity contribution in [3.8, 4) is 0 Å². The zero-order valence-electron chi connectivity index (χ0n) is 18.0. The number of halogens is 1. The number of nitrogens with one attached hydrogen (secondary N) is 1. The molecular weight excluding hydrogens is 397 g/mol. The molecular formula is C23H30FN5O2. The summed E-state index contributed by atoms with van der Waals surface area (Å²) in [6.07, 6.45) is 4.06. The van der Waals surface area contributed by atoms with Gasteiger partial charge in [-0.25, -0.2) is 14.4 Å². The van der Waals surface area contributed by atoms with E-state index in [2.05, 4.69) is 15.2 Å². The molecule has 1 N–H and O–H groups in total. The third-order valence-electron chi connectivity index (χ3n) is 6.02. The molecule has 7 nitrogen and oxygen atoms in total. The largest absolute Gasteiger partial charge is 0.378 e. The number of ether oxygens (including phenoxy) is 1. The van der Waals surface area contributed by atoms with E-state index in [0.29, 0.717) is 43.5 Å². The van der Waals surface area contributed by atoms with Gasteiger partial charge in [-0.2, -0.15) is 0 Å². The number of hydrogen-bond donors (Lipinski definition) is 1. The molecule has 1 amide bonds. The summed E-state index contributed by atoms with van der Waals surface area (Å²) in [7, 11) is 0. The number of benzene rings is 1. The summed E-state index contributed by atoms with van der Waals surface area (Å²) < 4.78 is 18.8. The smallest absolute Gasteiger partial charge is 0.274 e. The fourth-order valence-corrected chi connectivity index (χ4v) is 4.12. The Kier molecular flexibility index (Phi) is 7.09. The molecule has 2 aromatic rings. The van der Waals surface area contributed by atoms with E-state index < -0.39 is 0 Å². The molecule has 31 heavy (non-hydrogen) atoms. The first-order valence-electron chi connectivity index (χ1n) is 11.1. The molecule has 0 aliphatic carbocycles. The molecule has 1 atom stereocenters. The van der Waals surface area contributed by atoms with E-state index in [1.165, 1.54) is 25.0 Å². The molecule has 1 aromatic heterocycles. The first-order chi connectivity index (χ1) is 15.1. The predicted molar refractivity (Wildman–Crippen MR) is 117 cm³/mol. The summed E-state index contributed by atoms with van der Waals surface area (Å²) in [5.41, 5.74) is 1.96. The number of carbonyl (C=O) groups is 1. The van der Waals surface area contributed by atoms with Crippen molar-refractivity contribution in [2.45, 2.75) is 25.7 Å². The van der Waals surface area contributed by atoms with E-state index in [9.17, 15) is 9.18 Å². The molecule has 4 rings (SSSR count). The van der Waals surface area contributed by atoms with Crippen LogP contribution < -0.4 is 5.32 Å². The quantitative estimate of drug-likeness (QED) is 0.733. The lowest BCUT2D eigenvalue weighted by molar-refractivity contribution is 0.0298. The van der Waals surface area contributed by atoms with Crippen LogP contribution in [-0.4, -0.2) is 78.2 Å². The maximum Gasteiger partial charge on any atom is 0.274 e.